The van der Waals surface area contributed by atoms with E-state index in [0.29, 0.717) is 0 Å². The van der Waals surface area contributed by atoms with Crippen molar-refractivity contribution in [3.05, 3.63) is 64.1 Å². The molecule has 130 valence electrons. The maximum absolute atomic E-state index is 4.43. The fraction of sp³-hybridized carbons (Fsp3) is 0.409. The predicted octanol–water partition coefficient (Wildman–Crippen LogP) is 4.00. The zero-order chi connectivity index (χ0) is 17.4. The zero-order valence-corrected chi connectivity index (χ0v) is 15.5. The first-order valence-electron chi connectivity index (χ1n) is 9.33. The summed E-state index contributed by atoms with van der Waals surface area (Å²) in [6, 6.07) is 9.03. The summed E-state index contributed by atoms with van der Waals surface area (Å²) in [5, 5.41) is 1.45. The molecular formula is C22H27N3. The van der Waals surface area contributed by atoms with Crippen LogP contribution < -0.4 is 0 Å². The molecule has 0 bridgehead atoms. The number of benzene rings is 1. The third kappa shape index (κ3) is 3.34. The van der Waals surface area contributed by atoms with Gasteiger partial charge in [0.2, 0.25) is 0 Å². The highest BCUT2D eigenvalue weighted by Crippen LogP contribution is 2.30. The molecule has 0 fully saturated rings. The van der Waals surface area contributed by atoms with Crippen LogP contribution in [0.25, 0.3) is 10.9 Å². The summed E-state index contributed by atoms with van der Waals surface area (Å²) in [4.78, 5) is 10.6. The lowest BCUT2D eigenvalue weighted by Gasteiger charge is -2.12. The van der Waals surface area contributed by atoms with Gasteiger partial charge in [0.25, 0.3) is 0 Å². The molecule has 1 aliphatic heterocycles. The third-order valence-electron chi connectivity index (χ3n) is 5.47. The lowest BCUT2D eigenvalue weighted by atomic mass is 9.98. The van der Waals surface area contributed by atoms with Crippen molar-refractivity contribution in [1.82, 2.24) is 14.9 Å². The molecule has 0 saturated carbocycles. The quantitative estimate of drug-likeness (QED) is 0.786. The van der Waals surface area contributed by atoms with Crippen molar-refractivity contribution in [3.63, 3.8) is 0 Å². The molecule has 4 rings (SSSR count). The topological polar surface area (TPSA) is 31.9 Å². The number of nitrogens with one attached hydrogen (secondary N) is 1. The fourth-order valence-electron chi connectivity index (χ4n) is 3.97. The van der Waals surface area contributed by atoms with Gasteiger partial charge in [-0.3, -0.25) is 4.98 Å². The van der Waals surface area contributed by atoms with Crippen LogP contribution in [0.5, 0.6) is 0 Å². The van der Waals surface area contributed by atoms with E-state index in [4.69, 9.17) is 0 Å². The van der Waals surface area contributed by atoms with Gasteiger partial charge in [0.1, 0.15) is 0 Å². The van der Waals surface area contributed by atoms with Crippen LogP contribution in [0.1, 0.15) is 33.6 Å². The molecule has 1 aliphatic rings. The minimum Gasteiger partial charge on any atom is -0.358 e. The lowest BCUT2D eigenvalue weighted by Crippen LogP contribution is -2.21. The lowest BCUT2D eigenvalue weighted by molar-refractivity contribution is 0.352. The van der Waals surface area contributed by atoms with Gasteiger partial charge in [-0.05, 0) is 69.0 Å². The van der Waals surface area contributed by atoms with Gasteiger partial charge in [-0.15, -0.1) is 0 Å². The molecule has 3 nitrogen and oxygen atoms in total. The molecular weight excluding hydrogens is 306 g/mol. The molecule has 3 aromatic rings. The van der Waals surface area contributed by atoms with E-state index in [9.17, 15) is 0 Å². The van der Waals surface area contributed by atoms with E-state index in [0.717, 1.165) is 44.5 Å². The number of H-pyrrole nitrogens is 1. The van der Waals surface area contributed by atoms with Crippen molar-refractivity contribution < 1.29 is 0 Å². The van der Waals surface area contributed by atoms with Gasteiger partial charge in [0.15, 0.2) is 0 Å². The number of pyridine rings is 1. The number of hydrogen-bond donors (Lipinski definition) is 1. The summed E-state index contributed by atoms with van der Waals surface area (Å²) < 4.78 is 0. The molecule has 0 unspecified atom stereocenters. The average Bonchev–Trinajstić information content (AvgIpc) is 2.84. The van der Waals surface area contributed by atoms with Crippen LogP contribution in [0.15, 0.2) is 30.5 Å². The predicted molar refractivity (Wildman–Crippen MR) is 104 cm³/mol. The summed E-state index contributed by atoms with van der Waals surface area (Å²) in [5.74, 6) is 0. The average molecular weight is 333 g/mol. The Bertz CT molecular complexity index is 890. The van der Waals surface area contributed by atoms with Crippen LogP contribution in [0.3, 0.4) is 0 Å². The number of rotatable bonds is 3. The normalized spacial score (nSPS) is 15.3. The first-order chi connectivity index (χ1) is 12.1. The molecule has 2 aromatic heterocycles. The molecule has 3 heterocycles. The molecule has 0 radical (unpaired) electrons. The van der Waals surface area contributed by atoms with E-state index in [1.54, 1.807) is 5.56 Å². The van der Waals surface area contributed by atoms with E-state index in [2.05, 4.69) is 53.1 Å². The zero-order valence-electron chi connectivity index (χ0n) is 15.5. The van der Waals surface area contributed by atoms with E-state index in [-0.39, 0.29) is 0 Å². The number of aromatic nitrogens is 2. The van der Waals surface area contributed by atoms with E-state index in [1.165, 1.54) is 33.3 Å². The highest BCUT2D eigenvalue weighted by Gasteiger charge is 2.18. The first-order valence-corrected chi connectivity index (χ1v) is 9.33. The van der Waals surface area contributed by atoms with Crippen molar-refractivity contribution in [2.24, 2.45) is 0 Å². The summed E-state index contributed by atoms with van der Waals surface area (Å²) in [5.41, 5.74) is 9.56. The van der Waals surface area contributed by atoms with Gasteiger partial charge in [-0.2, -0.15) is 0 Å². The molecule has 0 atom stereocenters. The Morgan fingerprint density at radius 3 is 2.72 bits per heavy atom. The fourth-order valence-corrected chi connectivity index (χ4v) is 3.97. The number of likely N-dealkylation sites (N-methyl/N-ethyl adjacent to an activating group) is 1. The van der Waals surface area contributed by atoms with Crippen LogP contribution in [-0.4, -0.2) is 35.0 Å². The van der Waals surface area contributed by atoms with Crippen LogP contribution in [-0.2, 0) is 25.7 Å². The molecule has 0 spiro atoms. The molecule has 1 aromatic carbocycles. The van der Waals surface area contributed by atoms with Gasteiger partial charge in [-0.1, -0.05) is 17.7 Å². The first kappa shape index (κ1) is 16.3. The summed E-state index contributed by atoms with van der Waals surface area (Å²) in [7, 11) is 2.22. The van der Waals surface area contributed by atoms with E-state index in [1.807, 2.05) is 13.1 Å². The van der Waals surface area contributed by atoms with Crippen molar-refractivity contribution in [2.75, 3.05) is 20.1 Å². The van der Waals surface area contributed by atoms with Crippen molar-refractivity contribution in [3.8, 4) is 0 Å². The molecule has 0 aliphatic carbocycles. The molecule has 25 heavy (non-hydrogen) atoms. The minimum atomic E-state index is 1.04. The molecule has 0 amide bonds. The highest BCUT2D eigenvalue weighted by atomic mass is 15.1. The van der Waals surface area contributed by atoms with Crippen LogP contribution in [0.2, 0.25) is 0 Å². The molecule has 1 N–H and O–H groups in total. The largest absolute Gasteiger partial charge is 0.358 e. The Labute approximate surface area is 150 Å². The van der Waals surface area contributed by atoms with Crippen molar-refractivity contribution in [2.45, 2.75) is 39.5 Å². The summed E-state index contributed by atoms with van der Waals surface area (Å²) >= 11 is 0. The highest BCUT2D eigenvalue weighted by molar-refractivity contribution is 5.88. The maximum atomic E-state index is 4.43. The SMILES string of the molecule is Cc1cc(CCc2ccc(C)nc2)c2[nH]c3c(c2c1)CCN(C)CC3. The van der Waals surface area contributed by atoms with Crippen LogP contribution in [0.4, 0.5) is 0 Å². The number of aromatic amines is 1. The number of nitrogens with zero attached hydrogens (tertiary/aromatic N) is 2. The molecule has 0 saturated heterocycles. The van der Waals surface area contributed by atoms with Gasteiger partial charge in [-0.25, -0.2) is 0 Å². The van der Waals surface area contributed by atoms with Gasteiger partial charge < -0.3 is 9.88 Å². The monoisotopic (exact) mass is 333 g/mol. The van der Waals surface area contributed by atoms with Crippen LogP contribution >= 0.6 is 0 Å². The molecule has 3 heteroatoms. The maximum Gasteiger partial charge on any atom is 0.0491 e. The van der Waals surface area contributed by atoms with Crippen molar-refractivity contribution in [1.29, 1.82) is 0 Å². The Morgan fingerprint density at radius 2 is 1.92 bits per heavy atom. The van der Waals surface area contributed by atoms with Gasteiger partial charge in [0.05, 0.1) is 0 Å². The van der Waals surface area contributed by atoms with Gasteiger partial charge >= 0.3 is 0 Å². The number of fused-ring (bicyclic) bond motifs is 3. The Hall–Kier alpha value is -2.13. The minimum absolute atomic E-state index is 1.04. The van der Waals surface area contributed by atoms with Crippen molar-refractivity contribution >= 4 is 10.9 Å². The van der Waals surface area contributed by atoms with Crippen LogP contribution in [0, 0.1) is 13.8 Å². The number of hydrogen-bond acceptors (Lipinski definition) is 2. The second-order valence-electron chi connectivity index (χ2n) is 7.54. The van der Waals surface area contributed by atoms with Gasteiger partial charge in [0, 0.05) is 48.0 Å². The Morgan fingerprint density at radius 1 is 1.08 bits per heavy atom. The van der Waals surface area contributed by atoms with E-state index >= 15 is 0 Å². The third-order valence-corrected chi connectivity index (χ3v) is 5.47. The summed E-state index contributed by atoms with van der Waals surface area (Å²) in [6.07, 6.45) is 6.39. The Balaban J connectivity index is 1.67. The Kier molecular flexibility index (Phi) is 4.34. The van der Waals surface area contributed by atoms with E-state index < -0.39 is 0 Å². The standard InChI is InChI=1S/C22H27N3/c1-15-12-18(7-6-17-5-4-16(2)23-14-17)22-20(13-15)19-8-10-25(3)11-9-21(19)24-22/h4-5,12-14,24H,6-11H2,1-3H3. The second kappa shape index (κ2) is 6.64. The summed E-state index contributed by atoms with van der Waals surface area (Å²) in [6.45, 7) is 6.55. The smallest absolute Gasteiger partial charge is 0.0491 e. The number of aryl methyl sites for hydroxylation is 4. The second-order valence-corrected chi connectivity index (χ2v) is 7.54.